The number of hydrogen-bond acceptors (Lipinski definition) is 6. The quantitative estimate of drug-likeness (QED) is 0.291. The van der Waals surface area contributed by atoms with Crippen molar-refractivity contribution in [1.82, 2.24) is 14.8 Å². The number of nitriles is 1. The summed E-state index contributed by atoms with van der Waals surface area (Å²) in [5.41, 5.74) is -3.50. The Morgan fingerprint density at radius 2 is 1.81 bits per heavy atom. The van der Waals surface area contributed by atoms with E-state index < -0.39 is 57.9 Å². The summed E-state index contributed by atoms with van der Waals surface area (Å²) in [6, 6.07) is 8.03. The van der Waals surface area contributed by atoms with Crippen LogP contribution in [-0.4, -0.2) is 70.0 Å². The number of aliphatic carboxylic acids is 1. The Balaban J connectivity index is 1.31. The number of aromatic nitrogens is 1. The van der Waals surface area contributed by atoms with Crippen molar-refractivity contribution in [3.05, 3.63) is 59.2 Å². The molecule has 2 aromatic rings. The molecule has 1 aromatic heterocycles. The number of carboxylic acids is 1. The van der Waals surface area contributed by atoms with Gasteiger partial charge in [0.05, 0.1) is 35.0 Å². The van der Waals surface area contributed by atoms with Crippen LogP contribution in [0.15, 0.2) is 36.5 Å². The number of amides is 2. The molecule has 1 saturated carbocycles. The molecular formula is C35H40F4N4O5. The summed E-state index contributed by atoms with van der Waals surface area (Å²) < 4.78 is 62.2. The predicted molar refractivity (Wildman–Crippen MR) is 165 cm³/mol. The van der Waals surface area contributed by atoms with Crippen molar-refractivity contribution in [2.45, 2.75) is 88.8 Å². The molecule has 1 N–H and O–H groups in total. The van der Waals surface area contributed by atoms with Crippen LogP contribution in [0.25, 0.3) is 0 Å². The second kappa shape index (κ2) is 14.1. The van der Waals surface area contributed by atoms with Gasteiger partial charge in [-0.05, 0) is 69.6 Å². The molecule has 3 fully saturated rings. The molecule has 2 aliphatic heterocycles. The fourth-order valence-corrected chi connectivity index (χ4v) is 7.53. The minimum atomic E-state index is -4.77. The van der Waals surface area contributed by atoms with Gasteiger partial charge in [-0.2, -0.15) is 18.4 Å². The first-order chi connectivity index (χ1) is 22.9. The number of nitrogens with zero attached hydrogens (tertiary/aromatic N) is 4. The number of halogens is 4. The molecule has 3 heterocycles. The van der Waals surface area contributed by atoms with E-state index in [0.717, 1.165) is 24.8 Å². The van der Waals surface area contributed by atoms with Crippen LogP contribution in [0, 0.1) is 28.5 Å². The lowest BCUT2D eigenvalue weighted by molar-refractivity contribution is -0.155. The van der Waals surface area contributed by atoms with Crippen molar-refractivity contribution < 1.29 is 41.8 Å². The number of rotatable bonds is 10. The summed E-state index contributed by atoms with van der Waals surface area (Å²) >= 11 is 0. The van der Waals surface area contributed by atoms with E-state index in [1.165, 1.54) is 17.0 Å². The molecule has 1 aliphatic carbocycles. The Morgan fingerprint density at radius 3 is 2.42 bits per heavy atom. The van der Waals surface area contributed by atoms with Crippen LogP contribution < -0.4 is 4.74 Å². The zero-order valence-electron chi connectivity index (χ0n) is 26.9. The fourth-order valence-electron chi connectivity index (χ4n) is 7.53. The lowest BCUT2D eigenvalue weighted by Crippen LogP contribution is -2.55. The van der Waals surface area contributed by atoms with Crippen molar-refractivity contribution in [3.63, 3.8) is 0 Å². The van der Waals surface area contributed by atoms with E-state index in [0.29, 0.717) is 44.1 Å². The first-order valence-electron chi connectivity index (χ1n) is 16.6. The van der Waals surface area contributed by atoms with Gasteiger partial charge in [-0.25, -0.2) is 4.39 Å². The van der Waals surface area contributed by atoms with Gasteiger partial charge in [-0.15, -0.1) is 0 Å². The summed E-state index contributed by atoms with van der Waals surface area (Å²) in [5.74, 6) is -3.37. The van der Waals surface area contributed by atoms with Crippen LogP contribution in [0.3, 0.4) is 0 Å². The first-order valence-corrected chi connectivity index (χ1v) is 16.6. The summed E-state index contributed by atoms with van der Waals surface area (Å²) in [6.45, 7) is 2.41. The maximum atomic E-state index is 15.1. The molecule has 2 atom stereocenters. The minimum Gasteiger partial charge on any atom is -0.490 e. The van der Waals surface area contributed by atoms with E-state index in [9.17, 15) is 37.9 Å². The lowest BCUT2D eigenvalue weighted by atomic mass is 9.67. The third-order valence-electron chi connectivity index (χ3n) is 10.5. The highest BCUT2D eigenvalue weighted by Gasteiger charge is 2.47. The number of pyridine rings is 1. The van der Waals surface area contributed by atoms with Crippen LogP contribution >= 0.6 is 0 Å². The molecule has 13 heteroatoms. The fraction of sp³-hybridized carbons (Fsp3) is 0.571. The Hall–Kier alpha value is -4.21. The number of alkyl halides is 3. The molecule has 258 valence electrons. The minimum absolute atomic E-state index is 0.0228. The van der Waals surface area contributed by atoms with Crippen molar-refractivity contribution >= 4 is 17.8 Å². The normalized spacial score (nSPS) is 21.9. The van der Waals surface area contributed by atoms with Gasteiger partial charge in [-0.3, -0.25) is 19.4 Å². The SMILES string of the molecule is CCCC1[C@H](C(=O)N2CCC(C#N)(c3cccc(F)c3OCCC3(C(=O)O)CCC3)CC2)CCCN1C(=O)c1ncccc1C(F)(F)F. The number of piperidine rings is 2. The molecule has 3 aliphatic rings. The number of likely N-dealkylation sites (tertiary alicyclic amines) is 2. The van der Waals surface area contributed by atoms with Gasteiger partial charge in [-0.1, -0.05) is 31.9 Å². The topological polar surface area (TPSA) is 124 Å². The van der Waals surface area contributed by atoms with Gasteiger partial charge in [0.1, 0.15) is 5.69 Å². The third kappa shape index (κ3) is 6.71. The lowest BCUT2D eigenvalue weighted by Gasteiger charge is -2.44. The van der Waals surface area contributed by atoms with Gasteiger partial charge >= 0.3 is 12.1 Å². The summed E-state index contributed by atoms with van der Waals surface area (Å²) in [4.78, 5) is 46.1. The molecule has 2 amide bonds. The van der Waals surface area contributed by atoms with Gasteiger partial charge in [0, 0.05) is 37.4 Å². The molecule has 48 heavy (non-hydrogen) atoms. The van der Waals surface area contributed by atoms with Gasteiger partial charge in [0.2, 0.25) is 5.91 Å². The molecule has 0 radical (unpaired) electrons. The van der Waals surface area contributed by atoms with Crippen LogP contribution in [-0.2, 0) is 21.2 Å². The van der Waals surface area contributed by atoms with Crippen molar-refractivity contribution in [2.75, 3.05) is 26.2 Å². The largest absolute Gasteiger partial charge is 0.490 e. The Labute approximate surface area is 276 Å². The third-order valence-corrected chi connectivity index (χ3v) is 10.5. The van der Waals surface area contributed by atoms with Crippen molar-refractivity contribution in [2.24, 2.45) is 11.3 Å². The molecule has 1 aromatic carbocycles. The number of carboxylic acid groups (broad SMARTS) is 1. The van der Waals surface area contributed by atoms with E-state index in [-0.39, 0.29) is 57.2 Å². The number of carbonyl (C=O) groups excluding carboxylic acids is 2. The number of ether oxygens (including phenoxy) is 1. The van der Waals surface area contributed by atoms with Crippen LogP contribution in [0.1, 0.15) is 92.7 Å². The average molecular weight is 673 g/mol. The van der Waals surface area contributed by atoms with E-state index in [4.69, 9.17) is 4.74 Å². The monoisotopic (exact) mass is 672 g/mol. The average Bonchev–Trinajstić information content (AvgIpc) is 3.05. The Morgan fingerprint density at radius 1 is 1.08 bits per heavy atom. The second-order valence-corrected chi connectivity index (χ2v) is 13.2. The Bertz CT molecular complexity index is 1560. The molecule has 1 unspecified atom stereocenters. The zero-order chi connectivity index (χ0) is 34.7. The predicted octanol–water partition coefficient (Wildman–Crippen LogP) is 6.37. The molecular weight excluding hydrogens is 632 g/mol. The highest BCUT2D eigenvalue weighted by molar-refractivity contribution is 5.95. The first kappa shape index (κ1) is 35.1. The van der Waals surface area contributed by atoms with Crippen LogP contribution in [0.4, 0.5) is 17.6 Å². The molecule has 9 nitrogen and oxygen atoms in total. The Kier molecular flexibility index (Phi) is 10.3. The van der Waals surface area contributed by atoms with E-state index in [1.807, 2.05) is 6.92 Å². The van der Waals surface area contributed by atoms with E-state index >= 15 is 4.39 Å². The maximum Gasteiger partial charge on any atom is 0.418 e. The maximum absolute atomic E-state index is 15.1. The summed E-state index contributed by atoms with van der Waals surface area (Å²) in [7, 11) is 0. The number of hydrogen-bond donors (Lipinski definition) is 1. The van der Waals surface area contributed by atoms with E-state index in [2.05, 4.69) is 11.1 Å². The number of benzene rings is 1. The summed E-state index contributed by atoms with van der Waals surface area (Å²) in [6.07, 6.45) is 0.745. The van der Waals surface area contributed by atoms with Gasteiger partial charge in [0.15, 0.2) is 11.6 Å². The molecule has 0 bridgehead atoms. The van der Waals surface area contributed by atoms with E-state index in [1.54, 1.807) is 11.0 Å². The molecule has 5 rings (SSSR count). The van der Waals surface area contributed by atoms with Crippen molar-refractivity contribution in [1.29, 1.82) is 5.26 Å². The highest BCUT2D eigenvalue weighted by Crippen LogP contribution is 2.46. The number of carbonyl (C=O) groups is 3. The van der Waals surface area contributed by atoms with Crippen molar-refractivity contribution in [3.8, 4) is 11.8 Å². The van der Waals surface area contributed by atoms with Gasteiger partial charge in [0.25, 0.3) is 5.91 Å². The summed E-state index contributed by atoms with van der Waals surface area (Å²) in [5, 5.41) is 20.1. The van der Waals surface area contributed by atoms with Crippen LogP contribution in [0.5, 0.6) is 5.75 Å². The molecule has 0 spiro atoms. The van der Waals surface area contributed by atoms with Gasteiger partial charge < -0.3 is 19.6 Å². The zero-order valence-corrected chi connectivity index (χ0v) is 26.9. The second-order valence-electron chi connectivity index (χ2n) is 13.2. The standard InChI is InChI=1S/C35H40F4N4O5/c1-2-7-27-23(8-5-18-43(27)31(45)28-24(35(37,38)39)10-4-17-41-28)30(44)42-19-14-34(22-40,15-20-42)25-9-3-11-26(36)29(25)48-21-16-33(32(46)47)12-6-13-33/h3-4,9-11,17,23,27H,2,5-8,12-16,18-21H2,1H3,(H,46,47)/t23-,27?/m1/s1. The number of para-hydroxylation sites is 1. The highest BCUT2D eigenvalue weighted by atomic mass is 19.4. The molecule has 2 saturated heterocycles. The smallest absolute Gasteiger partial charge is 0.418 e. The van der Waals surface area contributed by atoms with Crippen LogP contribution in [0.2, 0.25) is 0 Å².